The van der Waals surface area contributed by atoms with E-state index in [-0.39, 0.29) is 29.5 Å². The van der Waals surface area contributed by atoms with Gasteiger partial charge in [0.05, 0.1) is 11.7 Å². The number of benzene rings is 5. The Kier molecular flexibility index (Phi) is 11.5. The third-order valence-corrected chi connectivity index (χ3v) is 9.55. The van der Waals surface area contributed by atoms with Crippen LogP contribution in [0.15, 0.2) is 115 Å². The Morgan fingerprint density at radius 3 is 1.90 bits per heavy atom. The number of rotatable bonds is 11. The summed E-state index contributed by atoms with van der Waals surface area (Å²) >= 11 is 4.24. The molecule has 0 saturated carbocycles. The van der Waals surface area contributed by atoms with Gasteiger partial charge >= 0.3 is 0 Å². The SMILES string of the molecule is Cc1cc(-c2ccc(NC(=O)C(Cc3ccc(C(=O)NCCS(=O)O)cc3)c3ccc(-c4ccc(C(C)(C)C)cc4)cc3)cc2)ccc1Cl. The number of aryl methyl sites for hydroxylation is 1. The van der Waals surface area contributed by atoms with Crippen molar-refractivity contribution >= 4 is 40.2 Å². The molecule has 49 heavy (non-hydrogen) atoms. The lowest BCUT2D eigenvalue weighted by atomic mass is 9.86. The molecule has 3 N–H and O–H groups in total. The first kappa shape index (κ1) is 35.7. The van der Waals surface area contributed by atoms with Gasteiger partial charge in [-0.2, -0.15) is 0 Å². The van der Waals surface area contributed by atoms with Crippen molar-refractivity contribution in [3.8, 4) is 22.3 Å². The van der Waals surface area contributed by atoms with Crippen molar-refractivity contribution in [3.05, 3.63) is 148 Å². The minimum absolute atomic E-state index is 0.0366. The average molecular weight is 693 g/mol. The van der Waals surface area contributed by atoms with E-state index in [0.717, 1.165) is 44.0 Å². The van der Waals surface area contributed by atoms with Gasteiger partial charge < -0.3 is 15.2 Å². The van der Waals surface area contributed by atoms with Crippen LogP contribution in [-0.4, -0.2) is 32.9 Å². The van der Waals surface area contributed by atoms with Crippen molar-refractivity contribution in [2.45, 2.75) is 45.4 Å². The monoisotopic (exact) mass is 692 g/mol. The molecule has 0 radical (unpaired) electrons. The molecule has 0 aliphatic rings. The molecule has 5 aromatic rings. The highest BCUT2D eigenvalue weighted by molar-refractivity contribution is 7.79. The predicted octanol–water partition coefficient (Wildman–Crippen LogP) is 9.20. The minimum Gasteiger partial charge on any atom is -0.351 e. The van der Waals surface area contributed by atoms with E-state index in [1.54, 1.807) is 12.1 Å². The Morgan fingerprint density at radius 1 is 0.776 bits per heavy atom. The fourth-order valence-corrected chi connectivity index (χ4v) is 6.01. The van der Waals surface area contributed by atoms with Gasteiger partial charge in [-0.1, -0.05) is 111 Å². The summed E-state index contributed by atoms with van der Waals surface area (Å²) in [5.41, 5.74) is 9.48. The first-order valence-corrected chi connectivity index (χ1v) is 17.9. The fraction of sp³-hybridized carbons (Fsp3) is 0.220. The van der Waals surface area contributed by atoms with Gasteiger partial charge in [-0.15, -0.1) is 0 Å². The molecule has 5 aromatic carbocycles. The van der Waals surface area contributed by atoms with Crippen molar-refractivity contribution in [3.63, 3.8) is 0 Å². The van der Waals surface area contributed by atoms with Crippen LogP contribution in [0.5, 0.6) is 0 Å². The van der Waals surface area contributed by atoms with E-state index in [2.05, 4.69) is 67.8 Å². The van der Waals surface area contributed by atoms with Gasteiger partial charge in [0, 0.05) is 22.8 Å². The molecule has 0 aliphatic heterocycles. The van der Waals surface area contributed by atoms with Crippen molar-refractivity contribution in [1.82, 2.24) is 5.32 Å². The Balaban J connectivity index is 1.37. The fourth-order valence-electron chi connectivity index (χ4n) is 5.61. The molecule has 5 rings (SSSR count). The lowest BCUT2D eigenvalue weighted by molar-refractivity contribution is -0.117. The van der Waals surface area contributed by atoms with E-state index in [0.29, 0.717) is 17.7 Å². The molecule has 8 heteroatoms. The lowest BCUT2D eigenvalue weighted by Crippen LogP contribution is -2.27. The molecular weight excluding hydrogens is 652 g/mol. The highest BCUT2D eigenvalue weighted by Crippen LogP contribution is 2.30. The summed E-state index contributed by atoms with van der Waals surface area (Å²) < 4.78 is 19.9. The number of nitrogens with one attached hydrogen (secondary N) is 2. The number of hydrogen-bond donors (Lipinski definition) is 3. The highest BCUT2D eigenvalue weighted by atomic mass is 35.5. The quantitative estimate of drug-likeness (QED) is 0.120. The number of hydrogen-bond acceptors (Lipinski definition) is 3. The normalized spacial score (nSPS) is 12.6. The maximum atomic E-state index is 14.0. The lowest BCUT2D eigenvalue weighted by Gasteiger charge is -2.20. The molecule has 0 aromatic heterocycles. The van der Waals surface area contributed by atoms with Crippen LogP contribution in [0, 0.1) is 6.92 Å². The molecule has 0 heterocycles. The van der Waals surface area contributed by atoms with Crippen molar-refractivity contribution < 1.29 is 18.4 Å². The number of carbonyl (C=O) groups is 2. The van der Waals surface area contributed by atoms with Gasteiger partial charge in [0.25, 0.3) is 5.91 Å². The third-order valence-electron chi connectivity index (χ3n) is 8.58. The minimum atomic E-state index is -1.97. The van der Waals surface area contributed by atoms with E-state index in [4.69, 9.17) is 16.2 Å². The number of carbonyl (C=O) groups excluding carboxylic acids is 2. The van der Waals surface area contributed by atoms with Gasteiger partial charge in [-0.05, 0) is 99.7 Å². The number of halogens is 1. The van der Waals surface area contributed by atoms with E-state index < -0.39 is 17.0 Å². The van der Waals surface area contributed by atoms with Crippen LogP contribution in [-0.2, 0) is 27.7 Å². The van der Waals surface area contributed by atoms with Crippen LogP contribution in [0.2, 0.25) is 5.02 Å². The van der Waals surface area contributed by atoms with E-state index in [1.165, 1.54) is 5.56 Å². The Labute approximate surface area is 296 Å². The zero-order valence-corrected chi connectivity index (χ0v) is 29.7. The van der Waals surface area contributed by atoms with Crippen molar-refractivity contribution in [1.29, 1.82) is 0 Å². The largest absolute Gasteiger partial charge is 0.351 e. The van der Waals surface area contributed by atoms with Gasteiger partial charge in [-0.25, -0.2) is 4.21 Å². The van der Waals surface area contributed by atoms with Gasteiger partial charge in [-0.3, -0.25) is 9.59 Å². The second-order valence-electron chi connectivity index (χ2n) is 13.2. The van der Waals surface area contributed by atoms with Crippen molar-refractivity contribution in [2.75, 3.05) is 17.6 Å². The summed E-state index contributed by atoms with van der Waals surface area (Å²) in [6.45, 7) is 8.67. The standard InChI is InChI=1S/C41H41ClN2O4S/c1-27-25-34(17-22-38(27)42)31-15-20-36(21-16-31)44-40(46)37(26-28-5-7-33(8-6-28)39(45)43-23-24-49(47)48)32-11-9-29(10-12-32)30-13-18-35(19-14-30)41(2,3)4/h5-22,25,37H,23-24,26H2,1-4H3,(H,43,45)(H,44,46)(H,47,48). The van der Waals surface area contributed by atoms with Crippen LogP contribution in [0.3, 0.4) is 0 Å². The first-order chi connectivity index (χ1) is 23.4. The topological polar surface area (TPSA) is 95.5 Å². The van der Waals surface area contributed by atoms with E-state index >= 15 is 0 Å². The molecule has 2 amide bonds. The molecule has 6 nitrogen and oxygen atoms in total. The third kappa shape index (κ3) is 9.54. The van der Waals surface area contributed by atoms with Crippen LogP contribution in [0.25, 0.3) is 22.3 Å². The number of anilines is 1. The summed E-state index contributed by atoms with van der Waals surface area (Å²) in [5, 5.41) is 6.49. The molecule has 0 saturated heterocycles. The molecule has 2 atom stereocenters. The summed E-state index contributed by atoms with van der Waals surface area (Å²) in [5.74, 6) is -1.01. The summed E-state index contributed by atoms with van der Waals surface area (Å²) in [6, 6.07) is 37.5. The van der Waals surface area contributed by atoms with Gasteiger partial charge in [0.15, 0.2) is 11.1 Å². The maximum Gasteiger partial charge on any atom is 0.251 e. The molecule has 0 spiro atoms. The Bertz CT molecular complexity index is 1930. The average Bonchev–Trinajstić information content (AvgIpc) is 3.08. The Morgan fingerprint density at radius 2 is 1.33 bits per heavy atom. The smallest absolute Gasteiger partial charge is 0.251 e. The van der Waals surface area contributed by atoms with Crippen LogP contribution in [0.4, 0.5) is 5.69 Å². The predicted molar refractivity (Wildman–Crippen MR) is 202 cm³/mol. The molecular formula is C41H41ClN2O4S. The van der Waals surface area contributed by atoms with Crippen LogP contribution < -0.4 is 10.6 Å². The highest BCUT2D eigenvalue weighted by Gasteiger charge is 2.22. The van der Waals surface area contributed by atoms with Crippen LogP contribution in [0.1, 0.15) is 59.3 Å². The second kappa shape index (κ2) is 15.8. The molecule has 0 fully saturated rings. The van der Waals surface area contributed by atoms with Gasteiger partial charge in [0.1, 0.15) is 0 Å². The zero-order valence-electron chi connectivity index (χ0n) is 28.1. The first-order valence-electron chi connectivity index (χ1n) is 16.2. The second-order valence-corrected chi connectivity index (χ2v) is 14.7. The molecule has 0 bridgehead atoms. The van der Waals surface area contributed by atoms with E-state index in [1.807, 2.05) is 73.7 Å². The summed E-state index contributed by atoms with van der Waals surface area (Å²) in [4.78, 5) is 26.4. The summed E-state index contributed by atoms with van der Waals surface area (Å²) in [7, 11) is 0. The molecule has 2 unspecified atom stereocenters. The molecule has 252 valence electrons. The van der Waals surface area contributed by atoms with Crippen LogP contribution >= 0.6 is 11.6 Å². The van der Waals surface area contributed by atoms with Gasteiger partial charge in [0.2, 0.25) is 5.91 Å². The number of amides is 2. The molecule has 0 aliphatic carbocycles. The summed E-state index contributed by atoms with van der Waals surface area (Å²) in [6.07, 6.45) is 0.416. The van der Waals surface area contributed by atoms with Crippen molar-refractivity contribution in [2.24, 2.45) is 0 Å². The van der Waals surface area contributed by atoms with E-state index in [9.17, 15) is 13.8 Å². The Hall–Kier alpha value is -4.56. The zero-order chi connectivity index (χ0) is 35.1. The maximum absolute atomic E-state index is 14.0.